The highest BCUT2D eigenvalue weighted by molar-refractivity contribution is 5.97. The van der Waals surface area contributed by atoms with Gasteiger partial charge in [-0.1, -0.05) is 12.1 Å². The number of ether oxygens (including phenoxy) is 2. The van der Waals surface area contributed by atoms with Crippen LogP contribution < -0.4 is 15.4 Å². The van der Waals surface area contributed by atoms with E-state index in [0.717, 1.165) is 29.7 Å². The van der Waals surface area contributed by atoms with Crippen LogP contribution in [0.3, 0.4) is 0 Å². The van der Waals surface area contributed by atoms with Gasteiger partial charge in [-0.15, -0.1) is 0 Å². The molecular formula is C22H23N3O3. The summed E-state index contributed by atoms with van der Waals surface area (Å²) in [6.45, 7) is 1.54. The van der Waals surface area contributed by atoms with Crippen LogP contribution in [0.1, 0.15) is 12.8 Å². The van der Waals surface area contributed by atoms with Crippen LogP contribution in [-0.2, 0) is 9.53 Å². The number of fused-ring (bicyclic) bond motifs is 1. The number of amides is 1. The zero-order valence-electron chi connectivity index (χ0n) is 15.8. The molecule has 1 fully saturated rings. The number of hydrogen-bond donors (Lipinski definition) is 2. The van der Waals surface area contributed by atoms with Crippen LogP contribution in [0, 0.1) is 0 Å². The Labute approximate surface area is 163 Å². The third-order valence-corrected chi connectivity index (χ3v) is 5.16. The summed E-state index contributed by atoms with van der Waals surface area (Å²) in [5.74, 6) is 1.33. The van der Waals surface area contributed by atoms with Gasteiger partial charge in [0.05, 0.1) is 5.52 Å². The molecule has 2 N–H and O–H groups in total. The van der Waals surface area contributed by atoms with E-state index in [1.807, 2.05) is 54.6 Å². The average molecular weight is 377 g/mol. The number of piperidine rings is 1. The minimum absolute atomic E-state index is 0.106. The van der Waals surface area contributed by atoms with Crippen LogP contribution in [0.4, 0.5) is 5.69 Å². The number of nitrogens with one attached hydrogen (secondary N) is 2. The van der Waals surface area contributed by atoms with Crippen molar-refractivity contribution in [2.45, 2.75) is 18.4 Å². The predicted octanol–water partition coefficient (Wildman–Crippen LogP) is 3.73. The smallest absolute Gasteiger partial charge is 0.256 e. The predicted molar refractivity (Wildman–Crippen MR) is 109 cm³/mol. The number of methoxy groups -OCH3 is 1. The summed E-state index contributed by atoms with van der Waals surface area (Å²) in [5, 5.41) is 7.18. The molecular weight excluding hydrogens is 354 g/mol. The number of pyridine rings is 1. The second kappa shape index (κ2) is 7.96. The topological polar surface area (TPSA) is 72.5 Å². The second-order valence-corrected chi connectivity index (χ2v) is 6.86. The van der Waals surface area contributed by atoms with Gasteiger partial charge in [0.2, 0.25) is 0 Å². The molecule has 1 amide bonds. The zero-order chi connectivity index (χ0) is 19.4. The molecule has 0 unspecified atom stereocenters. The molecule has 6 heteroatoms. The summed E-state index contributed by atoms with van der Waals surface area (Å²) in [6.07, 6.45) is 3.05. The zero-order valence-corrected chi connectivity index (χ0v) is 15.8. The molecule has 3 aromatic rings. The standard InChI is InChI=1S/C22H23N3O3/c1-27-22(11-14-23-15-12-22)21(26)25-16-6-8-17(9-7-16)28-20-10-13-24-19-5-3-2-4-18(19)20/h2-10,13,23H,11-12,14-15H2,1H3,(H,25,26). The van der Waals surface area contributed by atoms with E-state index in [0.29, 0.717) is 24.3 Å². The summed E-state index contributed by atoms with van der Waals surface area (Å²) < 4.78 is 11.6. The second-order valence-electron chi connectivity index (χ2n) is 6.86. The van der Waals surface area contributed by atoms with Gasteiger partial charge in [-0.2, -0.15) is 0 Å². The quantitative estimate of drug-likeness (QED) is 0.709. The Balaban J connectivity index is 1.47. The molecule has 1 aromatic heterocycles. The Hall–Kier alpha value is -2.96. The highest BCUT2D eigenvalue weighted by Gasteiger charge is 2.39. The number of hydrogen-bond acceptors (Lipinski definition) is 5. The molecule has 2 aromatic carbocycles. The number of aromatic nitrogens is 1. The van der Waals surface area contributed by atoms with E-state index in [-0.39, 0.29) is 5.91 Å². The fraction of sp³-hybridized carbons (Fsp3) is 0.273. The molecule has 0 radical (unpaired) electrons. The lowest BCUT2D eigenvalue weighted by Gasteiger charge is -2.34. The highest BCUT2D eigenvalue weighted by atomic mass is 16.5. The maximum Gasteiger partial charge on any atom is 0.256 e. The number of nitrogens with zero attached hydrogens (tertiary/aromatic N) is 1. The van der Waals surface area contributed by atoms with E-state index >= 15 is 0 Å². The first-order valence-corrected chi connectivity index (χ1v) is 9.39. The molecule has 2 heterocycles. The first-order valence-electron chi connectivity index (χ1n) is 9.39. The van der Waals surface area contributed by atoms with Crippen molar-refractivity contribution in [1.29, 1.82) is 0 Å². The minimum Gasteiger partial charge on any atom is -0.457 e. The molecule has 1 aliphatic heterocycles. The van der Waals surface area contributed by atoms with Gasteiger partial charge >= 0.3 is 0 Å². The van der Waals surface area contributed by atoms with Gasteiger partial charge in [0.25, 0.3) is 5.91 Å². The lowest BCUT2D eigenvalue weighted by atomic mass is 9.91. The maximum absolute atomic E-state index is 12.7. The van der Waals surface area contributed by atoms with Crippen molar-refractivity contribution in [3.05, 3.63) is 60.8 Å². The number of para-hydroxylation sites is 1. The lowest BCUT2D eigenvalue weighted by molar-refractivity contribution is -0.140. The van der Waals surface area contributed by atoms with Crippen molar-refractivity contribution < 1.29 is 14.3 Å². The van der Waals surface area contributed by atoms with Gasteiger partial charge in [-0.05, 0) is 68.4 Å². The van der Waals surface area contributed by atoms with E-state index in [1.54, 1.807) is 13.3 Å². The first kappa shape index (κ1) is 18.4. The van der Waals surface area contributed by atoms with Crippen molar-refractivity contribution >= 4 is 22.5 Å². The molecule has 0 atom stereocenters. The molecule has 4 rings (SSSR count). The number of benzene rings is 2. The Morgan fingerprint density at radius 1 is 1.07 bits per heavy atom. The summed E-state index contributed by atoms with van der Waals surface area (Å²) in [6, 6.07) is 17.0. The summed E-state index contributed by atoms with van der Waals surface area (Å²) in [7, 11) is 1.60. The Bertz CT molecular complexity index is 961. The largest absolute Gasteiger partial charge is 0.457 e. The number of anilines is 1. The van der Waals surface area contributed by atoms with Crippen LogP contribution in [0.25, 0.3) is 10.9 Å². The molecule has 0 saturated carbocycles. The third kappa shape index (κ3) is 3.69. The summed E-state index contributed by atoms with van der Waals surface area (Å²) in [4.78, 5) is 17.1. The third-order valence-electron chi connectivity index (χ3n) is 5.16. The highest BCUT2D eigenvalue weighted by Crippen LogP contribution is 2.30. The van der Waals surface area contributed by atoms with E-state index < -0.39 is 5.60 Å². The number of carbonyl (C=O) groups is 1. The monoisotopic (exact) mass is 377 g/mol. The van der Waals surface area contributed by atoms with E-state index in [9.17, 15) is 4.79 Å². The normalized spacial score (nSPS) is 15.9. The van der Waals surface area contributed by atoms with Crippen LogP contribution in [0.15, 0.2) is 60.8 Å². The van der Waals surface area contributed by atoms with Gasteiger partial charge in [0.15, 0.2) is 0 Å². The van der Waals surface area contributed by atoms with Crippen LogP contribution in [0.5, 0.6) is 11.5 Å². The Kier molecular flexibility index (Phi) is 5.23. The summed E-state index contributed by atoms with van der Waals surface area (Å²) in [5.41, 5.74) is 0.832. The Morgan fingerprint density at radius 2 is 1.82 bits per heavy atom. The maximum atomic E-state index is 12.7. The first-order chi connectivity index (χ1) is 13.7. The minimum atomic E-state index is -0.767. The van der Waals surface area contributed by atoms with Gasteiger partial charge in [0.1, 0.15) is 17.1 Å². The van der Waals surface area contributed by atoms with Crippen molar-refractivity contribution in [2.24, 2.45) is 0 Å². The van der Waals surface area contributed by atoms with Gasteiger partial charge in [-0.3, -0.25) is 9.78 Å². The van der Waals surface area contributed by atoms with E-state index in [2.05, 4.69) is 15.6 Å². The van der Waals surface area contributed by atoms with Crippen molar-refractivity contribution in [1.82, 2.24) is 10.3 Å². The molecule has 0 bridgehead atoms. The molecule has 144 valence electrons. The Morgan fingerprint density at radius 3 is 2.57 bits per heavy atom. The number of rotatable bonds is 5. The summed E-state index contributed by atoms with van der Waals surface area (Å²) >= 11 is 0. The molecule has 28 heavy (non-hydrogen) atoms. The molecule has 1 saturated heterocycles. The molecule has 1 aliphatic rings. The van der Waals surface area contributed by atoms with Crippen LogP contribution in [-0.4, -0.2) is 36.7 Å². The fourth-order valence-electron chi connectivity index (χ4n) is 3.49. The van der Waals surface area contributed by atoms with Crippen molar-refractivity contribution in [2.75, 3.05) is 25.5 Å². The van der Waals surface area contributed by atoms with E-state index in [4.69, 9.17) is 9.47 Å². The van der Waals surface area contributed by atoms with E-state index in [1.165, 1.54) is 0 Å². The molecule has 0 aliphatic carbocycles. The van der Waals surface area contributed by atoms with Crippen molar-refractivity contribution in [3.8, 4) is 11.5 Å². The van der Waals surface area contributed by atoms with Gasteiger partial charge in [-0.25, -0.2) is 0 Å². The van der Waals surface area contributed by atoms with Crippen LogP contribution >= 0.6 is 0 Å². The average Bonchev–Trinajstić information content (AvgIpc) is 2.76. The number of carbonyl (C=O) groups excluding carboxylic acids is 1. The molecule has 0 spiro atoms. The fourth-order valence-corrected chi connectivity index (χ4v) is 3.49. The SMILES string of the molecule is COC1(C(=O)Nc2ccc(Oc3ccnc4ccccc34)cc2)CCNCC1. The van der Waals surface area contributed by atoms with Gasteiger partial charge in [0, 0.05) is 24.4 Å². The lowest BCUT2D eigenvalue weighted by Crippen LogP contribution is -2.51. The van der Waals surface area contributed by atoms with Crippen molar-refractivity contribution in [3.63, 3.8) is 0 Å². The van der Waals surface area contributed by atoms with Gasteiger partial charge < -0.3 is 20.1 Å². The molecule has 6 nitrogen and oxygen atoms in total. The van der Waals surface area contributed by atoms with Crippen LogP contribution in [0.2, 0.25) is 0 Å².